The van der Waals surface area contributed by atoms with E-state index in [0.29, 0.717) is 0 Å². The molecule has 0 spiro atoms. The summed E-state index contributed by atoms with van der Waals surface area (Å²) in [5, 5.41) is 4.32. The van der Waals surface area contributed by atoms with Gasteiger partial charge in [-0.1, -0.05) is 12.1 Å². The quantitative estimate of drug-likeness (QED) is 0.924. The van der Waals surface area contributed by atoms with Crippen molar-refractivity contribution < 1.29 is 9.47 Å². The van der Waals surface area contributed by atoms with E-state index in [2.05, 4.69) is 41.0 Å². The van der Waals surface area contributed by atoms with Crippen LogP contribution in [0.1, 0.15) is 12.0 Å². The molecular formula is C15H21NO2S2. The predicted molar refractivity (Wildman–Crippen MR) is 87.3 cm³/mol. The Morgan fingerprint density at radius 3 is 3.05 bits per heavy atom. The maximum atomic E-state index is 5.85. The number of thioether (sulfide) groups is 2. The first-order chi connectivity index (χ1) is 9.93. The first kappa shape index (κ1) is 14.4. The van der Waals surface area contributed by atoms with Crippen LogP contribution >= 0.6 is 23.5 Å². The molecule has 2 aliphatic heterocycles. The zero-order valence-corrected chi connectivity index (χ0v) is 13.2. The Morgan fingerprint density at radius 2 is 2.15 bits per heavy atom. The van der Waals surface area contributed by atoms with E-state index in [1.807, 2.05) is 6.07 Å². The van der Waals surface area contributed by atoms with Crippen molar-refractivity contribution in [3.63, 3.8) is 0 Å². The van der Waals surface area contributed by atoms with Crippen LogP contribution in [-0.4, -0.2) is 42.3 Å². The van der Waals surface area contributed by atoms with Crippen LogP contribution in [0, 0.1) is 0 Å². The van der Waals surface area contributed by atoms with Gasteiger partial charge in [-0.25, -0.2) is 0 Å². The lowest BCUT2D eigenvalue weighted by Gasteiger charge is -2.21. The maximum Gasteiger partial charge on any atom is 0.165 e. The second-order valence-corrected chi connectivity index (χ2v) is 7.55. The van der Waals surface area contributed by atoms with Crippen molar-refractivity contribution >= 4 is 23.5 Å². The molecule has 2 aliphatic rings. The number of hydrogen-bond donors (Lipinski definition) is 1. The molecule has 0 radical (unpaired) electrons. The lowest BCUT2D eigenvalue weighted by Crippen LogP contribution is -2.28. The van der Waals surface area contributed by atoms with E-state index in [1.54, 1.807) is 0 Å². The summed E-state index contributed by atoms with van der Waals surface area (Å²) in [5.74, 6) is 5.68. The second kappa shape index (κ2) is 7.48. The third-order valence-electron chi connectivity index (χ3n) is 3.43. The number of para-hydroxylation sites is 1. The van der Waals surface area contributed by atoms with Crippen molar-refractivity contribution in [2.24, 2.45) is 0 Å². The van der Waals surface area contributed by atoms with E-state index < -0.39 is 0 Å². The Kier molecular flexibility index (Phi) is 5.39. The summed E-state index contributed by atoms with van der Waals surface area (Å²) in [4.78, 5) is 0. The first-order valence-corrected chi connectivity index (χ1v) is 9.41. The predicted octanol–water partition coefficient (Wildman–Crippen LogP) is 2.79. The molecule has 1 fully saturated rings. The van der Waals surface area contributed by atoms with Gasteiger partial charge >= 0.3 is 0 Å². The van der Waals surface area contributed by atoms with Gasteiger partial charge in [0.15, 0.2) is 11.5 Å². The van der Waals surface area contributed by atoms with Gasteiger partial charge in [-0.15, -0.1) is 0 Å². The van der Waals surface area contributed by atoms with E-state index >= 15 is 0 Å². The minimum absolute atomic E-state index is 0.744. The van der Waals surface area contributed by atoms with Gasteiger partial charge in [-0.05, 0) is 6.07 Å². The van der Waals surface area contributed by atoms with Crippen LogP contribution in [0.4, 0.5) is 0 Å². The molecule has 0 saturated carbocycles. The van der Waals surface area contributed by atoms with Crippen molar-refractivity contribution in [3.05, 3.63) is 23.8 Å². The van der Waals surface area contributed by atoms with Crippen LogP contribution < -0.4 is 14.8 Å². The molecule has 3 rings (SSSR count). The fourth-order valence-electron chi connectivity index (χ4n) is 2.42. The molecular weight excluding hydrogens is 290 g/mol. The summed E-state index contributed by atoms with van der Waals surface area (Å²) in [5.41, 5.74) is 1.21. The van der Waals surface area contributed by atoms with Gasteiger partial charge in [0.25, 0.3) is 0 Å². The molecule has 1 aromatic carbocycles. The monoisotopic (exact) mass is 311 g/mol. The molecule has 0 bridgehead atoms. The molecule has 2 heterocycles. The number of nitrogens with one attached hydrogen (secondary N) is 1. The average molecular weight is 311 g/mol. The highest BCUT2D eigenvalue weighted by Gasteiger charge is 2.16. The molecule has 1 unspecified atom stereocenters. The molecule has 0 amide bonds. The molecule has 0 aromatic heterocycles. The van der Waals surface area contributed by atoms with E-state index in [1.165, 1.54) is 22.8 Å². The molecule has 110 valence electrons. The third-order valence-corrected chi connectivity index (χ3v) is 6.27. The number of rotatable bonds is 4. The van der Waals surface area contributed by atoms with E-state index in [4.69, 9.17) is 9.47 Å². The minimum Gasteiger partial charge on any atom is -0.490 e. The third kappa shape index (κ3) is 3.77. The summed E-state index contributed by atoms with van der Waals surface area (Å²) >= 11 is 4.16. The summed E-state index contributed by atoms with van der Waals surface area (Å²) in [6.07, 6.45) is 0.956. The second-order valence-electron chi connectivity index (χ2n) is 4.99. The zero-order valence-electron chi connectivity index (χ0n) is 11.6. The molecule has 1 saturated heterocycles. The van der Waals surface area contributed by atoms with Crippen molar-refractivity contribution in [3.8, 4) is 11.5 Å². The SMILES string of the molecule is c1cc(CNCC2CSCCS2)c2c(c1)OCCCO2. The standard InChI is InChI=1S/C15H21NO2S2/c1-3-12(9-16-10-13-11-19-7-8-20-13)15-14(4-1)17-5-2-6-18-15/h1,3-4,13,16H,2,5-11H2. The number of fused-ring (bicyclic) bond motifs is 1. The fraction of sp³-hybridized carbons (Fsp3) is 0.600. The first-order valence-electron chi connectivity index (χ1n) is 7.21. The average Bonchev–Trinajstić information content (AvgIpc) is 2.74. The molecule has 1 aromatic rings. The molecule has 1 atom stereocenters. The molecule has 20 heavy (non-hydrogen) atoms. The zero-order chi connectivity index (χ0) is 13.6. The lowest BCUT2D eigenvalue weighted by atomic mass is 10.2. The van der Waals surface area contributed by atoms with Gasteiger partial charge < -0.3 is 14.8 Å². The summed E-state index contributed by atoms with van der Waals surface area (Å²) in [6.45, 7) is 3.43. The summed E-state index contributed by atoms with van der Waals surface area (Å²) < 4.78 is 11.6. The highest BCUT2D eigenvalue weighted by molar-refractivity contribution is 8.06. The van der Waals surface area contributed by atoms with Crippen LogP contribution in [0.5, 0.6) is 11.5 Å². The normalized spacial score (nSPS) is 22.3. The van der Waals surface area contributed by atoms with Crippen LogP contribution in [0.3, 0.4) is 0 Å². The van der Waals surface area contributed by atoms with Gasteiger partial charge in [0.2, 0.25) is 0 Å². The van der Waals surface area contributed by atoms with Gasteiger partial charge in [0.1, 0.15) is 0 Å². The van der Waals surface area contributed by atoms with E-state index in [-0.39, 0.29) is 0 Å². The maximum absolute atomic E-state index is 5.85. The Bertz CT molecular complexity index is 436. The summed E-state index contributed by atoms with van der Waals surface area (Å²) in [6, 6.07) is 6.18. The Balaban J connectivity index is 1.57. The smallest absolute Gasteiger partial charge is 0.165 e. The lowest BCUT2D eigenvalue weighted by molar-refractivity contribution is 0.296. The molecule has 1 N–H and O–H groups in total. The van der Waals surface area contributed by atoms with E-state index in [0.717, 1.165) is 49.5 Å². The Hall–Kier alpha value is -0.520. The minimum atomic E-state index is 0.744. The van der Waals surface area contributed by atoms with Gasteiger partial charge in [0, 0.05) is 47.6 Å². The van der Waals surface area contributed by atoms with Crippen LogP contribution in [-0.2, 0) is 6.54 Å². The highest BCUT2D eigenvalue weighted by Crippen LogP contribution is 2.33. The van der Waals surface area contributed by atoms with Crippen molar-refractivity contribution in [1.29, 1.82) is 0 Å². The number of ether oxygens (including phenoxy) is 2. The Labute approximate surface area is 129 Å². The van der Waals surface area contributed by atoms with Crippen LogP contribution in [0.2, 0.25) is 0 Å². The largest absolute Gasteiger partial charge is 0.490 e. The van der Waals surface area contributed by atoms with Crippen molar-refractivity contribution in [1.82, 2.24) is 5.32 Å². The van der Waals surface area contributed by atoms with Gasteiger partial charge in [-0.2, -0.15) is 23.5 Å². The van der Waals surface area contributed by atoms with Crippen LogP contribution in [0.15, 0.2) is 18.2 Å². The molecule has 5 heteroatoms. The van der Waals surface area contributed by atoms with E-state index in [9.17, 15) is 0 Å². The number of benzene rings is 1. The van der Waals surface area contributed by atoms with Gasteiger partial charge in [-0.3, -0.25) is 0 Å². The molecule has 3 nitrogen and oxygen atoms in total. The highest BCUT2D eigenvalue weighted by atomic mass is 32.2. The van der Waals surface area contributed by atoms with Crippen LogP contribution in [0.25, 0.3) is 0 Å². The Morgan fingerprint density at radius 1 is 1.20 bits per heavy atom. The van der Waals surface area contributed by atoms with Gasteiger partial charge in [0.05, 0.1) is 13.2 Å². The number of hydrogen-bond acceptors (Lipinski definition) is 5. The fourth-order valence-corrected chi connectivity index (χ4v) is 5.06. The van der Waals surface area contributed by atoms with Crippen molar-refractivity contribution in [2.75, 3.05) is 37.0 Å². The summed E-state index contributed by atoms with van der Waals surface area (Å²) in [7, 11) is 0. The topological polar surface area (TPSA) is 30.5 Å². The molecule has 0 aliphatic carbocycles. The van der Waals surface area contributed by atoms with Crippen molar-refractivity contribution in [2.45, 2.75) is 18.2 Å².